The van der Waals surface area contributed by atoms with Crippen LogP contribution < -0.4 is 16.0 Å². The molecule has 35 heavy (non-hydrogen) atoms. The highest BCUT2D eigenvalue weighted by molar-refractivity contribution is 7.17. The summed E-state index contributed by atoms with van der Waals surface area (Å²) in [6.07, 6.45) is 1.50. The zero-order valence-corrected chi connectivity index (χ0v) is 21.1. The second kappa shape index (κ2) is 11.2. The minimum absolute atomic E-state index is 0.293. The van der Waals surface area contributed by atoms with E-state index in [9.17, 15) is 4.79 Å². The van der Waals surface area contributed by atoms with Gasteiger partial charge in [0.25, 0.3) is 5.91 Å². The Bertz CT molecular complexity index is 1290. The zero-order valence-electron chi connectivity index (χ0n) is 19.5. The Morgan fingerprint density at radius 3 is 2.54 bits per heavy atom. The van der Waals surface area contributed by atoms with Gasteiger partial charge in [0.15, 0.2) is 11.0 Å². The molecule has 11 heteroatoms. The molecule has 0 aliphatic carbocycles. The molecule has 180 valence electrons. The van der Waals surface area contributed by atoms with Crippen molar-refractivity contribution in [3.63, 3.8) is 0 Å². The molecule has 0 fully saturated rings. The van der Waals surface area contributed by atoms with Crippen LogP contribution in [0.4, 0.5) is 22.7 Å². The lowest BCUT2D eigenvalue weighted by Crippen LogP contribution is -2.21. The molecular weight excluding hydrogens is 484 g/mol. The SMILES string of the molecule is Cc1cccc(Cl)c1NC(=O)c1cnc(Nc2nc(NCCN(C)C)nc(-c3ccccc3)n2)s1. The van der Waals surface area contributed by atoms with Gasteiger partial charge >= 0.3 is 0 Å². The first-order valence-electron chi connectivity index (χ1n) is 10.9. The maximum Gasteiger partial charge on any atom is 0.267 e. The van der Waals surface area contributed by atoms with E-state index in [-0.39, 0.29) is 5.91 Å². The topological polar surface area (TPSA) is 108 Å². The van der Waals surface area contributed by atoms with Crippen LogP contribution in [0.3, 0.4) is 0 Å². The van der Waals surface area contributed by atoms with Crippen molar-refractivity contribution >= 4 is 51.6 Å². The number of aromatic nitrogens is 4. The predicted molar refractivity (Wildman–Crippen MR) is 142 cm³/mol. The van der Waals surface area contributed by atoms with Crippen LogP contribution in [0.25, 0.3) is 11.4 Å². The number of aryl methyl sites for hydroxylation is 1. The minimum Gasteiger partial charge on any atom is -0.353 e. The van der Waals surface area contributed by atoms with E-state index in [0.717, 1.165) is 17.7 Å². The van der Waals surface area contributed by atoms with Crippen LogP contribution in [0.2, 0.25) is 5.02 Å². The van der Waals surface area contributed by atoms with Gasteiger partial charge in [-0.2, -0.15) is 15.0 Å². The highest BCUT2D eigenvalue weighted by atomic mass is 35.5. The largest absolute Gasteiger partial charge is 0.353 e. The van der Waals surface area contributed by atoms with E-state index in [1.54, 1.807) is 6.07 Å². The third-order valence-electron chi connectivity index (χ3n) is 4.92. The van der Waals surface area contributed by atoms with Gasteiger partial charge in [0.2, 0.25) is 11.9 Å². The number of halogens is 1. The molecule has 0 aliphatic heterocycles. The minimum atomic E-state index is -0.293. The van der Waals surface area contributed by atoms with Gasteiger partial charge in [0.05, 0.1) is 16.9 Å². The first-order chi connectivity index (χ1) is 16.9. The number of hydrogen-bond donors (Lipinski definition) is 3. The number of para-hydroxylation sites is 1. The molecule has 0 spiro atoms. The molecule has 3 N–H and O–H groups in total. The van der Waals surface area contributed by atoms with Crippen molar-refractivity contribution < 1.29 is 4.79 Å². The van der Waals surface area contributed by atoms with Gasteiger partial charge in [-0.05, 0) is 32.6 Å². The number of nitrogens with zero attached hydrogens (tertiary/aromatic N) is 5. The van der Waals surface area contributed by atoms with Crippen molar-refractivity contribution in [3.05, 3.63) is 70.2 Å². The normalized spacial score (nSPS) is 10.9. The number of carbonyl (C=O) groups is 1. The van der Waals surface area contributed by atoms with E-state index in [1.165, 1.54) is 17.5 Å². The summed E-state index contributed by atoms with van der Waals surface area (Å²) in [5.41, 5.74) is 2.32. The van der Waals surface area contributed by atoms with Gasteiger partial charge < -0.3 is 15.5 Å². The fourth-order valence-corrected chi connectivity index (χ4v) is 4.09. The Balaban J connectivity index is 1.53. The van der Waals surface area contributed by atoms with Crippen LogP contribution in [0, 0.1) is 6.92 Å². The monoisotopic (exact) mass is 508 g/mol. The predicted octanol–water partition coefficient (Wildman–Crippen LogP) is 4.93. The molecule has 0 aliphatic rings. The molecule has 0 unspecified atom stereocenters. The summed E-state index contributed by atoms with van der Waals surface area (Å²) in [4.78, 5) is 33.2. The lowest BCUT2D eigenvalue weighted by molar-refractivity contribution is 0.103. The first-order valence-corrected chi connectivity index (χ1v) is 12.1. The molecular formula is C24H25ClN8OS. The van der Waals surface area contributed by atoms with Crippen LogP contribution in [-0.4, -0.2) is 57.9 Å². The standard InChI is InChI=1S/C24H25ClN8OS/c1-15-8-7-11-17(25)19(15)28-21(34)18-14-27-24(35-18)32-23-30-20(16-9-5-4-6-10-16)29-22(31-23)26-12-13-33(2)3/h4-11,14H,12-13H2,1-3H3,(H,28,34)(H2,26,27,29,30,31,32). The quantitative estimate of drug-likeness (QED) is 0.292. The number of carbonyl (C=O) groups excluding carboxylic acids is 1. The molecule has 0 radical (unpaired) electrons. The number of nitrogens with one attached hydrogen (secondary N) is 3. The van der Waals surface area contributed by atoms with Crippen molar-refractivity contribution in [1.82, 2.24) is 24.8 Å². The molecule has 9 nitrogen and oxygen atoms in total. The molecule has 2 aromatic heterocycles. The van der Waals surface area contributed by atoms with Gasteiger partial charge in [0.1, 0.15) is 4.88 Å². The van der Waals surface area contributed by atoms with Crippen molar-refractivity contribution in [3.8, 4) is 11.4 Å². The lowest BCUT2D eigenvalue weighted by atomic mass is 10.2. The first kappa shape index (κ1) is 24.5. The Morgan fingerprint density at radius 1 is 1.03 bits per heavy atom. The average molecular weight is 509 g/mol. The number of likely N-dealkylation sites (N-methyl/N-ethyl adjacent to an activating group) is 1. The molecule has 2 heterocycles. The maximum atomic E-state index is 12.8. The van der Waals surface area contributed by atoms with E-state index < -0.39 is 0 Å². The second-order valence-corrected chi connectivity index (χ2v) is 9.38. The number of amides is 1. The van der Waals surface area contributed by atoms with E-state index in [4.69, 9.17) is 11.6 Å². The third kappa shape index (κ3) is 6.50. The van der Waals surface area contributed by atoms with E-state index in [1.807, 2.05) is 63.5 Å². The summed E-state index contributed by atoms with van der Waals surface area (Å²) in [7, 11) is 4.00. The summed E-state index contributed by atoms with van der Waals surface area (Å²) in [6, 6.07) is 15.1. The highest BCUT2D eigenvalue weighted by Gasteiger charge is 2.15. The summed E-state index contributed by atoms with van der Waals surface area (Å²) < 4.78 is 0. The Morgan fingerprint density at radius 2 is 1.80 bits per heavy atom. The number of hydrogen-bond acceptors (Lipinski definition) is 9. The van der Waals surface area contributed by atoms with Crippen LogP contribution >= 0.6 is 22.9 Å². The fraction of sp³-hybridized carbons (Fsp3) is 0.208. The lowest BCUT2D eigenvalue weighted by Gasteiger charge is -2.12. The molecule has 2 aromatic carbocycles. The average Bonchev–Trinajstić information content (AvgIpc) is 3.30. The maximum absolute atomic E-state index is 12.8. The summed E-state index contributed by atoms with van der Waals surface area (Å²) >= 11 is 7.43. The Labute approximate surface area is 212 Å². The number of anilines is 4. The summed E-state index contributed by atoms with van der Waals surface area (Å²) in [6.45, 7) is 3.38. The van der Waals surface area contributed by atoms with Crippen LogP contribution in [0.5, 0.6) is 0 Å². The van der Waals surface area contributed by atoms with Gasteiger partial charge in [-0.3, -0.25) is 10.1 Å². The second-order valence-electron chi connectivity index (χ2n) is 7.94. The smallest absolute Gasteiger partial charge is 0.267 e. The zero-order chi connectivity index (χ0) is 24.8. The van der Waals surface area contributed by atoms with Gasteiger partial charge in [0, 0.05) is 18.7 Å². The molecule has 0 atom stereocenters. The third-order valence-corrected chi connectivity index (χ3v) is 6.14. The van der Waals surface area contributed by atoms with Crippen molar-refractivity contribution in [2.75, 3.05) is 43.1 Å². The van der Waals surface area contributed by atoms with Crippen molar-refractivity contribution in [2.24, 2.45) is 0 Å². The molecule has 4 rings (SSSR count). The van der Waals surface area contributed by atoms with E-state index in [0.29, 0.717) is 45.0 Å². The van der Waals surface area contributed by atoms with Gasteiger partial charge in [-0.15, -0.1) is 0 Å². The summed E-state index contributed by atoms with van der Waals surface area (Å²) in [5, 5.41) is 10.2. The van der Waals surface area contributed by atoms with Crippen LogP contribution in [0.15, 0.2) is 54.7 Å². The fourth-order valence-electron chi connectivity index (χ4n) is 3.12. The van der Waals surface area contributed by atoms with E-state index >= 15 is 0 Å². The number of thiazole rings is 1. The van der Waals surface area contributed by atoms with Crippen LogP contribution in [0.1, 0.15) is 15.2 Å². The highest BCUT2D eigenvalue weighted by Crippen LogP contribution is 2.28. The van der Waals surface area contributed by atoms with Crippen LogP contribution in [-0.2, 0) is 0 Å². The molecule has 0 saturated heterocycles. The summed E-state index contributed by atoms with van der Waals surface area (Å²) in [5.74, 6) is 1.01. The number of benzene rings is 2. The van der Waals surface area contributed by atoms with Gasteiger partial charge in [-0.1, -0.05) is 65.4 Å². The number of rotatable bonds is 9. The Kier molecular flexibility index (Phi) is 7.86. The molecule has 4 aromatic rings. The molecule has 1 amide bonds. The van der Waals surface area contributed by atoms with Crippen molar-refractivity contribution in [1.29, 1.82) is 0 Å². The van der Waals surface area contributed by atoms with E-state index in [2.05, 4.69) is 40.8 Å². The Hall–Kier alpha value is -3.60. The van der Waals surface area contributed by atoms with Gasteiger partial charge in [-0.25, -0.2) is 4.98 Å². The molecule has 0 saturated carbocycles. The molecule has 0 bridgehead atoms. The van der Waals surface area contributed by atoms with Crippen molar-refractivity contribution in [2.45, 2.75) is 6.92 Å².